The molecule has 0 fully saturated rings. The minimum atomic E-state index is -0.292. The van der Waals surface area contributed by atoms with E-state index in [0.29, 0.717) is 10.0 Å². The molecule has 0 aliphatic carbocycles. The lowest BCUT2D eigenvalue weighted by Crippen LogP contribution is -2.07. The summed E-state index contributed by atoms with van der Waals surface area (Å²) in [4.78, 5) is 20.6. The zero-order valence-electron chi connectivity index (χ0n) is 12.1. The Morgan fingerprint density at radius 3 is 2.61 bits per heavy atom. The van der Waals surface area contributed by atoms with Gasteiger partial charge in [-0.3, -0.25) is 9.78 Å². The van der Waals surface area contributed by atoms with Crippen LogP contribution >= 0.6 is 23.4 Å². The standard InChI is InChI=1S/C17H13ClN2O2S/c18-13-7-5-12(6-8-13)10-22-17(21)11-23-16-9-19-14-3-1-2-4-15(14)20-16/h1-9H,10-11H2. The average molecular weight is 345 g/mol. The predicted octanol–water partition coefficient (Wildman–Crippen LogP) is 4.12. The number of benzene rings is 2. The van der Waals surface area contributed by atoms with E-state index in [0.717, 1.165) is 16.6 Å². The fourth-order valence-electron chi connectivity index (χ4n) is 1.93. The van der Waals surface area contributed by atoms with Gasteiger partial charge in [0, 0.05) is 5.02 Å². The van der Waals surface area contributed by atoms with E-state index in [2.05, 4.69) is 9.97 Å². The Morgan fingerprint density at radius 1 is 1.09 bits per heavy atom. The second-order valence-corrected chi connectivity index (χ2v) is 6.20. The number of ether oxygens (including phenoxy) is 1. The minimum absolute atomic E-state index is 0.195. The molecule has 2 aromatic carbocycles. The van der Waals surface area contributed by atoms with Crippen molar-refractivity contribution in [1.29, 1.82) is 0 Å². The van der Waals surface area contributed by atoms with E-state index in [1.54, 1.807) is 18.3 Å². The van der Waals surface area contributed by atoms with E-state index in [1.807, 2.05) is 36.4 Å². The second-order valence-electron chi connectivity index (χ2n) is 4.77. The van der Waals surface area contributed by atoms with E-state index >= 15 is 0 Å². The number of thioether (sulfide) groups is 1. The summed E-state index contributed by atoms with van der Waals surface area (Å²) in [5.41, 5.74) is 2.55. The summed E-state index contributed by atoms with van der Waals surface area (Å²) >= 11 is 7.12. The van der Waals surface area contributed by atoms with Gasteiger partial charge in [-0.1, -0.05) is 47.6 Å². The third kappa shape index (κ3) is 4.43. The van der Waals surface area contributed by atoms with Crippen LogP contribution in [0.15, 0.2) is 59.8 Å². The maximum absolute atomic E-state index is 11.8. The van der Waals surface area contributed by atoms with Crippen molar-refractivity contribution < 1.29 is 9.53 Å². The molecule has 0 aliphatic heterocycles. The smallest absolute Gasteiger partial charge is 0.316 e. The van der Waals surface area contributed by atoms with Gasteiger partial charge >= 0.3 is 5.97 Å². The van der Waals surface area contributed by atoms with Crippen molar-refractivity contribution in [2.75, 3.05) is 5.75 Å². The second kappa shape index (κ2) is 7.44. The highest BCUT2D eigenvalue weighted by atomic mass is 35.5. The van der Waals surface area contributed by atoms with Crippen LogP contribution in [0.4, 0.5) is 0 Å². The van der Waals surface area contributed by atoms with Crippen LogP contribution in [0.25, 0.3) is 11.0 Å². The third-order valence-electron chi connectivity index (χ3n) is 3.08. The van der Waals surface area contributed by atoms with Crippen molar-refractivity contribution >= 4 is 40.4 Å². The molecule has 0 aliphatic rings. The summed E-state index contributed by atoms with van der Waals surface area (Å²) in [5.74, 6) is -0.0967. The van der Waals surface area contributed by atoms with E-state index in [1.165, 1.54) is 11.8 Å². The first-order valence-electron chi connectivity index (χ1n) is 6.95. The summed E-state index contributed by atoms with van der Waals surface area (Å²) in [5, 5.41) is 1.36. The lowest BCUT2D eigenvalue weighted by Gasteiger charge is -2.05. The first kappa shape index (κ1) is 15.8. The number of halogens is 1. The highest BCUT2D eigenvalue weighted by Crippen LogP contribution is 2.18. The van der Waals surface area contributed by atoms with Gasteiger partial charge in [0.15, 0.2) is 0 Å². The highest BCUT2D eigenvalue weighted by Gasteiger charge is 2.07. The van der Waals surface area contributed by atoms with Crippen LogP contribution in [-0.4, -0.2) is 21.7 Å². The zero-order valence-corrected chi connectivity index (χ0v) is 13.7. The molecule has 116 valence electrons. The molecule has 0 N–H and O–H groups in total. The largest absolute Gasteiger partial charge is 0.460 e. The van der Waals surface area contributed by atoms with E-state index in [9.17, 15) is 4.79 Å². The Kier molecular flexibility index (Phi) is 5.10. The normalized spacial score (nSPS) is 10.7. The quantitative estimate of drug-likeness (QED) is 0.514. The lowest BCUT2D eigenvalue weighted by molar-refractivity contribution is -0.141. The average Bonchev–Trinajstić information content (AvgIpc) is 2.59. The number of fused-ring (bicyclic) bond motifs is 1. The number of rotatable bonds is 5. The van der Waals surface area contributed by atoms with Gasteiger partial charge in [-0.2, -0.15) is 0 Å². The van der Waals surface area contributed by atoms with Gasteiger partial charge in [0.2, 0.25) is 0 Å². The Bertz CT molecular complexity index is 824. The van der Waals surface area contributed by atoms with E-state index in [4.69, 9.17) is 16.3 Å². The van der Waals surface area contributed by atoms with Crippen molar-refractivity contribution in [1.82, 2.24) is 9.97 Å². The summed E-state index contributed by atoms with van der Waals surface area (Å²) in [6.07, 6.45) is 1.67. The number of hydrogen-bond donors (Lipinski definition) is 0. The SMILES string of the molecule is O=C(CSc1cnc2ccccc2n1)OCc1ccc(Cl)cc1. The Labute approximate surface area is 142 Å². The molecule has 0 saturated heterocycles. The summed E-state index contributed by atoms with van der Waals surface area (Å²) < 4.78 is 5.23. The van der Waals surface area contributed by atoms with Crippen LogP contribution in [0.2, 0.25) is 5.02 Å². The Balaban J connectivity index is 1.52. The molecule has 1 aromatic heterocycles. The molecule has 0 spiro atoms. The number of carbonyl (C=O) groups is 1. The first-order chi connectivity index (χ1) is 11.2. The summed E-state index contributed by atoms with van der Waals surface area (Å²) in [7, 11) is 0. The van der Waals surface area contributed by atoms with Gasteiger partial charge in [-0.25, -0.2) is 4.98 Å². The van der Waals surface area contributed by atoms with Crippen LogP contribution < -0.4 is 0 Å². The number of aromatic nitrogens is 2. The highest BCUT2D eigenvalue weighted by molar-refractivity contribution is 7.99. The number of hydrogen-bond acceptors (Lipinski definition) is 5. The molecule has 6 heteroatoms. The maximum Gasteiger partial charge on any atom is 0.316 e. The fraction of sp³-hybridized carbons (Fsp3) is 0.118. The van der Waals surface area contributed by atoms with Gasteiger partial charge < -0.3 is 4.74 Å². The van der Waals surface area contributed by atoms with Gasteiger partial charge in [-0.05, 0) is 29.8 Å². The predicted molar refractivity (Wildman–Crippen MR) is 91.5 cm³/mol. The first-order valence-corrected chi connectivity index (χ1v) is 8.32. The van der Waals surface area contributed by atoms with E-state index in [-0.39, 0.29) is 18.3 Å². The van der Waals surface area contributed by atoms with Crippen LogP contribution in [0.3, 0.4) is 0 Å². The topological polar surface area (TPSA) is 52.1 Å². The molecule has 3 aromatic rings. The minimum Gasteiger partial charge on any atom is -0.460 e. The van der Waals surface area contributed by atoms with Crippen LogP contribution in [-0.2, 0) is 16.1 Å². The number of para-hydroxylation sites is 2. The molecule has 0 radical (unpaired) electrons. The monoisotopic (exact) mass is 344 g/mol. The van der Waals surface area contributed by atoms with Crippen LogP contribution in [0.5, 0.6) is 0 Å². The van der Waals surface area contributed by atoms with Crippen molar-refractivity contribution in [3.63, 3.8) is 0 Å². The molecule has 0 amide bonds. The molecule has 4 nitrogen and oxygen atoms in total. The number of nitrogens with zero attached hydrogens (tertiary/aromatic N) is 2. The third-order valence-corrected chi connectivity index (χ3v) is 4.20. The molecule has 1 heterocycles. The molecule has 0 bridgehead atoms. The van der Waals surface area contributed by atoms with Crippen LogP contribution in [0.1, 0.15) is 5.56 Å². The summed E-state index contributed by atoms with van der Waals surface area (Å²) in [6.45, 7) is 0.236. The Hall–Kier alpha value is -2.11. The molecular formula is C17H13ClN2O2S. The lowest BCUT2D eigenvalue weighted by atomic mass is 10.2. The van der Waals surface area contributed by atoms with Gasteiger partial charge in [0.05, 0.1) is 23.0 Å². The van der Waals surface area contributed by atoms with Gasteiger partial charge in [-0.15, -0.1) is 0 Å². The number of carbonyl (C=O) groups excluding carboxylic acids is 1. The van der Waals surface area contributed by atoms with Gasteiger partial charge in [0.25, 0.3) is 0 Å². The van der Waals surface area contributed by atoms with Crippen LogP contribution in [0, 0.1) is 0 Å². The molecular weight excluding hydrogens is 332 g/mol. The maximum atomic E-state index is 11.8. The van der Waals surface area contributed by atoms with Crippen molar-refractivity contribution in [2.24, 2.45) is 0 Å². The fourth-order valence-corrected chi connectivity index (χ4v) is 2.69. The molecule has 0 saturated carbocycles. The molecule has 0 atom stereocenters. The zero-order chi connectivity index (χ0) is 16.1. The molecule has 0 unspecified atom stereocenters. The van der Waals surface area contributed by atoms with Crippen molar-refractivity contribution in [3.05, 3.63) is 65.3 Å². The van der Waals surface area contributed by atoms with Crippen molar-refractivity contribution in [3.8, 4) is 0 Å². The molecule has 23 heavy (non-hydrogen) atoms. The Morgan fingerprint density at radius 2 is 1.83 bits per heavy atom. The van der Waals surface area contributed by atoms with Crippen molar-refractivity contribution in [2.45, 2.75) is 11.6 Å². The van der Waals surface area contributed by atoms with E-state index < -0.39 is 0 Å². The number of esters is 1. The molecule has 3 rings (SSSR count). The summed E-state index contributed by atoms with van der Waals surface area (Å²) in [6, 6.07) is 14.8. The van der Waals surface area contributed by atoms with Gasteiger partial charge in [0.1, 0.15) is 11.6 Å².